The highest BCUT2D eigenvalue weighted by molar-refractivity contribution is 6.52. The van der Waals surface area contributed by atoms with Gasteiger partial charge in [-0.15, -0.1) is 0 Å². The molecule has 2 bridgehead atoms. The van der Waals surface area contributed by atoms with E-state index in [0.717, 1.165) is 47.8 Å². The number of ether oxygens (including phenoxy) is 1. The average Bonchev–Trinajstić information content (AvgIpc) is 3.87. The predicted octanol–water partition coefficient (Wildman–Crippen LogP) is 7.11. The number of halogens is 1. The maximum atomic E-state index is 16.0. The fourth-order valence-electron chi connectivity index (χ4n) is 12.1. The minimum Gasteiger partial charge on any atom is -0.376 e. The van der Waals surface area contributed by atoms with Crippen molar-refractivity contribution in [1.82, 2.24) is 38.5 Å². The van der Waals surface area contributed by atoms with Gasteiger partial charge in [0, 0.05) is 55.0 Å². The maximum Gasteiger partial charge on any atom is 0.438 e. The summed E-state index contributed by atoms with van der Waals surface area (Å²) >= 11 is 0. The van der Waals surface area contributed by atoms with E-state index in [9.17, 15) is 19.2 Å². The summed E-state index contributed by atoms with van der Waals surface area (Å²) < 4.78 is 33.2. The highest BCUT2D eigenvalue weighted by Crippen LogP contribution is 2.56. The molecule has 348 valence electrons. The van der Waals surface area contributed by atoms with Gasteiger partial charge in [-0.05, 0) is 143 Å². The largest absolute Gasteiger partial charge is 0.438 e. The van der Waals surface area contributed by atoms with Gasteiger partial charge in [0.2, 0.25) is 0 Å². The van der Waals surface area contributed by atoms with Crippen molar-refractivity contribution in [2.75, 3.05) is 18.6 Å². The van der Waals surface area contributed by atoms with E-state index >= 15 is 9.18 Å². The third-order valence-electron chi connectivity index (χ3n) is 15.5. The van der Waals surface area contributed by atoms with Crippen LogP contribution in [0.5, 0.6) is 0 Å². The van der Waals surface area contributed by atoms with E-state index in [1.54, 1.807) is 61.3 Å². The minimum absolute atomic E-state index is 0.00393. The molecule has 5 aliphatic rings. The number of nitrogens with one attached hydrogen (secondary N) is 1. The van der Waals surface area contributed by atoms with Crippen molar-refractivity contribution < 1.29 is 28.0 Å². The van der Waals surface area contributed by atoms with Gasteiger partial charge in [-0.1, -0.05) is 18.1 Å². The van der Waals surface area contributed by atoms with Crippen molar-refractivity contribution in [3.63, 3.8) is 0 Å². The van der Waals surface area contributed by atoms with Gasteiger partial charge in [-0.2, -0.15) is 5.10 Å². The number of anilines is 1. The van der Waals surface area contributed by atoms with Crippen LogP contribution in [0.3, 0.4) is 0 Å². The van der Waals surface area contributed by atoms with E-state index in [2.05, 4.69) is 53.7 Å². The van der Waals surface area contributed by atoms with E-state index in [0.29, 0.717) is 71.4 Å². The fourth-order valence-corrected chi connectivity index (χ4v) is 12.1. The van der Waals surface area contributed by atoms with Gasteiger partial charge in [0.15, 0.2) is 5.82 Å². The third-order valence-corrected chi connectivity index (χ3v) is 15.5. The molecule has 7 aromatic rings. The van der Waals surface area contributed by atoms with Crippen LogP contribution < -0.4 is 16.3 Å². The number of likely N-dealkylation sites (N-methyl/N-ethyl adjacent to an activating group) is 1. The van der Waals surface area contributed by atoms with Crippen LogP contribution in [0.1, 0.15) is 126 Å². The molecule has 16 nitrogen and oxygen atoms in total. The molecule has 2 saturated heterocycles. The Hall–Kier alpha value is -7.14. The Morgan fingerprint density at radius 3 is 2.40 bits per heavy atom. The normalized spacial score (nSPS) is 23.9. The number of aryl methyl sites for hydroxylation is 2. The van der Waals surface area contributed by atoms with Crippen molar-refractivity contribution >= 4 is 34.2 Å². The summed E-state index contributed by atoms with van der Waals surface area (Å²) in [6.07, 6.45) is 8.19. The molecule has 0 radical (unpaired) electrons. The highest BCUT2D eigenvalue weighted by Gasteiger charge is 2.59. The Morgan fingerprint density at radius 2 is 1.68 bits per heavy atom. The molecule has 2 amide bonds. The Bertz CT molecular complexity index is 3440. The molecule has 5 atom stereocenters. The zero-order valence-corrected chi connectivity index (χ0v) is 38.6. The molecule has 1 saturated carbocycles. The number of H-pyrrole nitrogens is 1. The number of aromatic amines is 1. The van der Waals surface area contributed by atoms with Crippen LogP contribution in [0.15, 0.2) is 81.1 Å². The van der Waals surface area contributed by atoms with E-state index in [-0.39, 0.29) is 40.8 Å². The Balaban J connectivity index is 1.02. The maximum absolute atomic E-state index is 16.0. The van der Waals surface area contributed by atoms with Crippen molar-refractivity contribution in [2.24, 2.45) is 5.92 Å². The van der Waals surface area contributed by atoms with Crippen molar-refractivity contribution in [3.8, 4) is 17.2 Å². The number of hydrogen-bond acceptors (Lipinski definition) is 9. The van der Waals surface area contributed by atoms with Crippen molar-refractivity contribution in [3.05, 3.63) is 139 Å². The fraction of sp³-hybridized carbons (Fsp3) is 0.392. The Kier molecular flexibility index (Phi) is 9.12. The standard InChI is InChI=1S/C51H50FN9O7/c1-26-18-34(19-27(2)42(26)52)61-44(58-16-15-57(49(58)66)32-11-12-35-39(23-32)56(6)46(64)43(35)62)41-36(54-61)22-33-8-7-9-38(41)59(33)45(63)40-21-31-20-29(30-14-17-67-50(4,5)25-30)10-13-37(31)60(40)51(24-28(51)3)47-53-48(65)68-55-47/h10-13,15-16,18-21,23,28,30,33,38H,7-9,14,17,22,24-25H2,1-6H3,(H,53,55,65)/t28-,30-,33+,38-,51-/m0/s1. The number of ketones is 1. The first-order valence-corrected chi connectivity index (χ1v) is 23.4. The lowest BCUT2D eigenvalue weighted by atomic mass is 9.82. The van der Waals surface area contributed by atoms with Crippen molar-refractivity contribution in [2.45, 2.75) is 109 Å². The van der Waals surface area contributed by atoms with Gasteiger partial charge in [0.1, 0.15) is 22.9 Å². The summed E-state index contributed by atoms with van der Waals surface area (Å²) in [6, 6.07) is 15.9. The summed E-state index contributed by atoms with van der Waals surface area (Å²) in [6.45, 7) is 10.4. The molecule has 68 heavy (non-hydrogen) atoms. The summed E-state index contributed by atoms with van der Waals surface area (Å²) in [5.74, 6) is -1.38. The Labute approximate surface area is 388 Å². The number of amides is 2. The van der Waals surface area contributed by atoms with Crippen LogP contribution in [0, 0.1) is 25.6 Å². The molecule has 4 aliphatic heterocycles. The van der Waals surface area contributed by atoms with E-state index in [1.165, 1.54) is 26.6 Å². The average molecular weight is 920 g/mol. The highest BCUT2D eigenvalue weighted by atomic mass is 19.1. The Morgan fingerprint density at radius 1 is 0.912 bits per heavy atom. The van der Waals surface area contributed by atoms with Crippen LogP contribution in [-0.2, 0) is 21.5 Å². The second-order valence-corrected chi connectivity index (χ2v) is 20.2. The summed E-state index contributed by atoms with van der Waals surface area (Å²) in [4.78, 5) is 74.7. The molecule has 1 aliphatic carbocycles. The molecule has 3 aromatic carbocycles. The van der Waals surface area contributed by atoms with Crippen molar-refractivity contribution in [1.29, 1.82) is 0 Å². The van der Waals surface area contributed by atoms with E-state index in [1.807, 2.05) is 11.0 Å². The second kappa shape index (κ2) is 14.7. The topological polar surface area (TPSA) is 175 Å². The van der Waals surface area contributed by atoms with Gasteiger partial charge in [0.05, 0.1) is 40.0 Å². The molecule has 0 spiro atoms. The van der Waals surface area contributed by atoms with Crippen LogP contribution >= 0.6 is 0 Å². The van der Waals surface area contributed by atoms with Crippen LogP contribution in [0.4, 0.5) is 10.1 Å². The molecule has 8 heterocycles. The third kappa shape index (κ3) is 6.09. The van der Waals surface area contributed by atoms with E-state index < -0.39 is 34.7 Å². The molecule has 3 fully saturated rings. The first-order chi connectivity index (χ1) is 32.5. The predicted molar refractivity (Wildman–Crippen MR) is 248 cm³/mol. The summed E-state index contributed by atoms with van der Waals surface area (Å²) in [5, 5.41) is 10.3. The number of rotatable bonds is 7. The number of piperidine rings is 1. The molecule has 0 unspecified atom stereocenters. The number of imidazole rings is 1. The van der Waals surface area contributed by atoms with Gasteiger partial charge in [-0.3, -0.25) is 33.0 Å². The van der Waals surface area contributed by atoms with Crippen LogP contribution in [-0.4, -0.2) is 81.4 Å². The molecular formula is C51H50FN9O7. The number of aromatic nitrogens is 7. The lowest BCUT2D eigenvalue weighted by Crippen LogP contribution is -2.50. The molecule has 1 N–H and O–H groups in total. The second-order valence-electron chi connectivity index (χ2n) is 20.2. The van der Waals surface area contributed by atoms with Gasteiger partial charge < -0.3 is 19.1 Å². The molecule has 12 rings (SSSR count). The smallest absolute Gasteiger partial charge is 0.376 e. The number of Topliss-reactive ketones (excluding diaryl/α,β-unsaturated/α-hetero) is 1. The van der Waals surface area contributed by atoms with Crippen LogP contribution in [0.2, 0.25) is 0 Å². The summed E-state index contributed by atoms with van der Waals surface area (Å²) in [7, 11) is 1.52. The molecule has 4 aromatic heterocycles. The lowest BCUT2D eigenvalue weighted by molar-refractivity contribution is -0.114. The van der Waals surface area contributed by atoms with E-state index in [4.69, 9.17) is 14.4 Å². The number of carbonyl (C=O) groups excluding carboxylic acids is 3. The zero-order chi connectivity index (χ0) is 47.3. The lowest BCUT2D eigenvalue weighted by Gasteiger charge is -2.46. The first-order valence-electron chi connectivity index (χ1n) is 23.4. The monoisotopic (exact) mass is 919 g/mol. The number of nitrogens with zero attached hydrogens (tertiary/aromatic N) is 8. The van der Waals surface area contributed by atoms with Gasteiger partial charge >= 0.3 is 11.4 Å². The number of hydrogen-bond donors (Lipinski definition) is 1. The number of benzene rings is 3. The number of fused-ring (bicyclic) bond motifs is 6. The minimum atomic E-state index is -0.853. The number of carbonyl (C=O) groups is 3. The zero-order valence-electron chi connectivity index (χ0n) is 38.6. The quantitative estimate of drug-likeness (QED) is 0.164. The summed E-state index contributed by atoms with van der Waals surface area (Å²) in [5.41, 5.74) is 4.87. The SMILES string of the molecule is Cc1cc(-n2nc3c(c2-n2ccn(-c4ccc5c(c4)N(C)C(=O)C5=O)c2=O)[C@@H]2CCC[C@H](C3)N2C(=O)c2cc3cc([C@H]4CCOC(C)(C)C4)ccc3n2[C@@]2(c3noc(=O)[nH]3)C[C@@H]2C)cc(C)c1F. The van der Waals surface area contributed by atoms with Gasteiger partial charge in [-0.25, -0.2) is 18.7 Å². The van der Waals surface area contributed by atoms with Gasteiger partial charge in [0.25, 0.3) is 17.6 Å². The molecule has 17 heteroatoms. The molecular weight excluding hydrogens is 870 g/mol. The van der Waals surface area contributed by atoms with Crippen LogP contribution in [0.25, 0.3) is 28.1 Å². The first kappa shape index (κ1) is 42.2.